The van der Waals surface area contributed by atoms with Crippen molar-refractivity contribution in [3.05, 3.63) is 25.3 Å². The summed E-state index contributed by atoms with van der Waals surface area (Å²) in [6.45, 7) is 18.1. The zero-order valence-electron chi connectivity index (χ0n) is 21.9. The van der Waals surface area contributed by atoms with Crippen molar-refractivity contribution in [2.45, 2.75) is 83.1 Å². The summed E-state index contributed by atoms with van der Waals surface area (Å²) in [7, 11) is 0. The van der Waals surface area contributed by atoms with Crippen LogP contribution in [-0.4, -0.2) is 81.8 Å². The molecule has 3 fully saturated rings. The normalized spacial score (nSPS) is 33.5. The Morgan fingerprint density at radius 2 is 1.97 bits per heavy atom. The second kappa shape index (κ2) is 10.1. The van der Waals surface area contributed by atoms with Gasteiger partial charge >= 0.3 is 5.97 Å². The molecule has 0 aromatic carbocycles. The van der Waals surface area contributed by atoms with Gasteiger partial charge in [-0.25, -0.2) is 0 Å². The summed E-state index contributed by atoms with van der Waals surface area (Å²) in [6, 6.07) is -0.854. The van der Waals surface area contributed by atoms with Gasteiger partial charge in [-0.15, -0.1) is 13.2 Å². The van der Waals surface area contributed by atoms with E-state index in [1.165, 1.54) is 0 Å². The number of carbonyl (C=O) groups excluding carboxylic acids is 3. The van der Waals surface area contributed by atoms with Gasteiger partial charge in [0.2, 0.25) is 11.8 Å². The largest absolute Gasteiger partial charge is 0.465 e. The third-order valence-electron chi connectivity index (χ3n) is 8.06. The lowest BCUT2D eigenvalue weighted by molar-refractivity contribution is -0.162. The van der Waals surface area contributed by atoms with Crippen molar-refractivity contribution < 1.29 is 29.0 Å². The van der Waals surface area contributed by atoms with Crippen LogP contribution in [-0.2, 0) is 23.9 Å². The van der Waals surface area contributed by atoms with Gasteiger partial charge in [0.1, 0.15) is 17.6 Å². The van der Waals surface area contributed by atoms with Crippen LogP contribution in [0.15, 0.2) is 25.3 Å². The Morgan fingerprint density at radius 1 is 1.29 bits per heavy atom. The summed E-state index contributed by atoms with van der Waals surface area (Å²) in [5, 5.41) is 9.31. The second-order valence-corrected chi connectivity index (χ2v) is 11.3. The molecule has 3 aliphatic heterocycles. The number of aliphatic hydroxyl groups excluding tert-OH is 1. The van der Waals surface area contributed by atoms with Gasteiger partial charge in [-0.2, -0.15) is 0 Å². The third kappa shape index (κ3) is 4.44. The van der Waals surface area contributed by atoms with Gasteiger partial charge in [0.25, 0.3) is 0 Å². The number of hydrogen-bond acceptors (Lipinski definition) is 6. The number of carbonyl (C=O) groups is 3. The van der Waals surface area contributed by atoms with Crippen molar-refractivity contribution in [1.82, 2.24) is 9.80 Å². The zero-order valence-corrected chi connectivity index (χ0v) is 21.9. The highest BCUT2D eigenvalue weighted by molar-refractivity contribution is 5.98. The fourth-order valence-electron chi connectivity index (χ4n) is 6.31. The molecular formula is C27H42N2O6. The van der Waals surface area contributed by atoms with Crippen LogP contribution >= 0.6 is 0 Å². The molecule has 8 nitrogen and oxygen atoms in total. The summed E-state index contributed by atoms with van der Waals surface area (Å²) in [6.07, 6.45) is 5.45. The molecule has 3 heterocycles. The highest BCUT2D eigenvalue weighted by Gasteiger charge is 2.80. The van der Waals surface area contributed by atoms with E-state index >= 15 is 0 Å². The van der Waals surface area contributed by atoms with E-state index in [0.717, 1.165) is 0 Å². The van der Waals surface area contributed by atoms with E-state index in [1.807, 2.05) is 34.6 Å². The number of fused-ring (bicyclic) bond motifs is 1. The first-order valence-corrected chi connectivity index (χ1v) is 12.7. The van der Waals surface area contributed by atoms with Crippen molar-refractivity contribution >= 4 is 17.8 Å². The molecule has 0 saturated carbocycles. The average molecular weight is 491 g/mol. The summed E-state index contributed by atoms with van der Waals surface area (Å²) in [4.78, 5) is 44.9. The number of likely N-dealkylation sites (tertiary alicyclic amines) is 1. The van der Waals surface area contributed by atoms with Gasteiger partial charge in [0, 0.05) is 25.2 Å². The molecule has 3 rings (SSSR count). The smallest absolute Gasteiger partial charge is 0.312 e. The maximum Gasteiger partial charge on any atom is 0.312 e. The van der Waals surface area contributed by atoms with E-state index in [-0.39, 0.29) is 30.9 Å². The minimum Gasteiger partial charge on any atom is -0.465 e. The summed E-state index contributed by atoms with van der Waals surface area (Å²) < 4.78 is 12.3. The highest BCUT2D eigenvalue weighted by atomic mass is 16.6. The monoisotopic (exact) mass is 490 g/mol. The van der Waals surface area contributed by atoms with Crippen LogP contribution < -0.4 is 0 Å². The average Bonchev–Trinajstić information content (AvgIpc) is 3.28. The Morgan fingerprint density at radius 3 is 2.54 bits per heavy atom. The van der Waals surface area contributed by atoms with Gasteiger partial charge in [-0.05, 0) is 59.3 Å². The highest BCUT2D eigenvalue weighted by Crippen LogP contribution is 2.65. The number of amides is 2. The van der Waals surface area contributed by atoms with Gasteiger partial charge in [-0.1, -0.05) is 19.1 Å². The number of aliphatic hydroxyl groups is 1. The lowest BCUT2D eigenvalue weighted by Gasteiger charge is -2.42. The van der Waals surface area contributed by atoms with Crippen molar-refractivity contribution in [3.63, 3.8) is 0 Å². The Balaban J connectivity index is 2.08. The maximum absolute atomic E-state index is 14.2. The van der Waals surface area contributed by atoms with E-state index in [1.54, 1.807) is 22.0 Å². The number of hydrogen-bond donors (Lipinski definition) is 1. The molecule has 2 bridgehead atoms. The topological polar surface area (TPSA) is 96.4 Å². The fraction of sp³-hybridized carbons (Fsp3) is 0.741. The Hall–Kier alpha value is -2.19. The molecule has 2 amide bonds. The van der Waals surface area contributed by atoms with E-state index in [9.17, 15) is 19.5 Å². The first-order valence-electron chi connectivity index (χ1n) is 12.7. The first kappa shape index (κ1) is 27.4. The molecule has 6 atom stereocenters. The van der Waals surface area contributed by atoms with E-state index in [0.29, 0.717) is 38.8 Å². The Kier molecular flexibility index (Phi) is 7.87. The van der Waals surface area contributed by atoms with Crippen LogP contribution in [0.1, 0.15) is 60.3 Å². The van der Waals surface area contributed by atoms with Crippen LogP contribution in [0, 0.1) is 17.8 Å². The molecule has 0 aliphatic carbocycles. The maximum atomic E-state index is 14.2. The lowest BCUT2D eigenvalue weighted by Crippen LogP contribution is -2.60. The van der Waals surface area contributed by atoms with Crippen molar-refractivity contribution in [2.75, 3.05) is 26.3 Å². The minimum absolute atomic E-state index is 0.00363. The van der Waals surface area contributed by atoms with Crippen LogP contribution in [0.3, 0.4) is 0 Å². The molecule has 1 spiro atoms. The molecule has 1 N–H and O–H groups in total. The van der Waals surface area contributed by atoms with E-state index in [2.05, 4.69) is 13.2 Å². The van der Waals surface area contributed by atoms with Crippen LogP contribution in [0.4, 0.5) is 0 Å². The van der Waals surface area contributed by atoms with Gasteiger partial charge < -0.3 is 24.4 Å². The number of unbranched alkanes of at least 4 members (excludes halogenated alkanes) is 1. The predicted octanol–water partition coefficient (Wildman–Crippen LogP) is 2.70. The lowest BCUT2D eigenvalue weighted by atomic mass is 9.62. The van der Waals surface area contributed by atoms with Crippen LogP contribution in [0.2, 0.25) is 0 Å². The van der Waals surface area contributed by atoms with Crippen LogP contribution in [0.25, 0.3) is 0 Å². The van der Waals surface area contributed by atoms with Crippen molar-refractivity contribution in [3.8, 4) is 0 Å². The standard InChI is InChI=1S/C27H42N2O6/c1-8-10-16-34-24(33)20-19-22(31)28(14-11-12-15-30)21(23(32)29(13-9-2)25(4,5)6)27(19)17-18(3)26(20,7)35-27/h8-9,18-21,30H,1-2,10-17H2,3-7H3/t18?,19-,20+,21?,26-,27?/m0/s1. The van der Waals surface area contributed by atoms with E-state index < -0.39 is 40.6 Å². The molecule has 3 saturated heterocycles. The molecule has 0 aromatic heterocycles. The second-order valence-electron chi connectivity index (χ2n) is 11.3. The zero-order chi connectivity index (χ0) is 26.2. The minimum atomic E-state index is -1.10. The van der Waals surface area contributed by atoms with Gasteiger partial charge in [0.05, 0.1) is 18.1 Å². The summed E-state index contributed by atoms with van der Waals surface area (Å²) in [5.74, 6) is -2.51. The summed E-state index contributed by atoms with van der Waals surface area (Å²) >= 11 is 0. The molecular weight excluding hydrogens is 448 g/mol. The molecule has 3 unspecified atom stereocenters. The molecule has 0 aromatic rings. The quantitative estimate of drug-likeness (QED) is 0.272. The fourth-order valence-corrected chi connectivity index (χ4v) is 6.31. The number of nitrogens with zero attached hydrogens (tertiary/aromatic N) is 2. The molecule has 35 heavy (non-hydrogen) atoms. The number of esters is 1. The van der Waals surface area contributed by atoms with Crippen LogP contribution in [0.5, 0.6) is 0 Å². The molecule has 3 aliphatic rings. The molecule has 0 radical (unpaired) electrons. The van der Waals surface area contributed by atoms with Gasteiger partial charge in [0.15, 0.2) is 0 Å². The first-order chi connectivity index (χ1) is 16.4. The molecule has 8 heteroatoms. The number of rotatable bonds is 11. The SMILES string of the molecule is C=CCCOC(=O)[C@H]1[C@H]2C(=O)N(CCCCO)C(C(=O)N(CC=C)C(C)(C)C)C23CC(C)[C@]1(C)O3. The predicted molar refractivity (Wildman–Crippen MR) is 132 cm³/mol. The number of ether oxygens (including phenoxy) is 2. The van der Waals surface area contributed by atoms with Crippen molar-refractivity contribution in [1.29, 1.82) is 0 Å². The Labute approximate surface area is 209 Å². The summed E-state index contributed by atoms with van der Waals surface area (Å²) in [5.41, 5.74) is -2.50. The Bertz CT molecular complexity index is 866. The van der Waals surface area contributed by atoms with E-state index in [4.69, 9.17) is 9.47 Å². The third-order valence-corrected chi connectivity index (χ3v) is 8.06. The molecule has 196 valence electrons. The van der Waals surface area contributed by atoms with Gasteiger partial charge in [-0.3, -0.25) is 14.4 Å². The van der Waals surface area contributed by atoms with Crippen molar-refractivity contribution in [2.24, 2.45) is 17.8 Å².